The van der Waals surface area contributed by atoms with Crippen LogP contribution in [-0.4, -0.2) is 17.6 Å². The number of guanidine groups is 2. The first-order valence-corrected chi connectivity index (χ1v) is 8.87. The van der Waals surface area contributed by atoms with Crippen LogP contribution in [0.4, 0.5) is 18.9 Å². The number of hydrogen-bond acceptors (Lipinski definition) is 5. The molecule has 0 radical (unpaired) electrons. The zero-order valence-electron chi connectivity index (χ0n) is 13.1. The monoisotopic (exact) mass is 437 g/mol. The molecule has 1 heterocycles. The standard InChI is InChI=1S/C15H16BrClF3N5/c16-8-6-9(15(18,19)20)11(10(17)7-8)25-13(22)23-12(21)24-14(25)4-2-1-3-5-14/h6-7H,1-5H2,(H4,21,22,23,24). The smallest absolute Gasteiger partial charge is 0.369 e. The van der Waals surface area contributed by atoms with Crippen molar-refractivity contribution in [3.8, 4) is 0 Å². The van der Waals surface area contributed by atoms with Crippen molar-refractivity contribution < 1.29 is 13.2 Å². The molecule has 5 nitrogen and oxygen atoms in total. The van der Waals surface area contributed by atoms with E-state index in [2.05, 4.69) is 25.9 Å². The first-order valence-electron chi connectivity index (χ1n) is 7.70. The summed E-state index contributed by atoms with van der Waals surface area (Å²) in [6.45, 7) is 0. The quantitative estimate of drug-likeness (QED) is 0.688. The van der Waals surface area contributed by atoms with Crippen LogP contribution in [0.3, 0.4) is 0 Å². The molecule has 1 saturated carbocycles. The Hall–Kier alpha value is -1.48. The first kappa shape index (κ1) is 18.3. The number of benzene rings is 1. The lowest BCUT2D eigenvalue weighted by Gasteiger charge is -2.46. The van der Waals surface area contributed by atoms with Crippen LogP contribution in [0.1, 0.15) is 37.7 Å². The third-order valence-corrected chi connectivity index (χ3v) is 5.15. The summed E-state index contributed by atoms with van der Waals surface area (Å²) in [5.41, 5.74) is 9.62. The molecule has 0 amide bonds. The lowest BCUT2D eigenvalue weighted by Crippen LogP contribution is -2.58. The van der Waals surface area contributed by atoms with Gasteiger partial charge in [-0.1, -0.05) is 34.0 Å². The normalized spacial score (nSPS) is 20.4. The van der Waals surface area contributed by atoms with Crippen molar-refractivity contribution in [2.24, 2.45) is 21.5 Å². The van der Waals surface area contributed by atoms with Crippen LogP contribution < -0.4 is 16.4 Å². The highest BCUT2D eigenvalue weighted by Crippen LogP contribution is 2.48. The molecular formula is C15H16BrClF3N5. The zero-order valence-corrected chi connectivity index (χ0v) is 15.4. The maximum atomic E-state index is 13.7. The molecule has 1 aliphatic carbocycles. The average molecular weight is 439 g/mol. The van der Waals surface area contributed by atoms with Gasteiger partial charge in [0.05, 0.1) is 16.3 Å². The summed E-state index contributed by atoms with van der Waals surface area (Å²) in [5, 5.41) is -0.0829. The molecule has 0 atom stereocenters. The van der Waals surface area contributed by atoms with Crippen molar-refractivity contribution in [2.75, 3.05) is 4.90 Å². The Kier molecular flexibility index (Phi) is 4.65. The van der Waals surface area contributed by atoms with Gasteiger partial charge < -0.3 is 11.5 Å². The van der Waals surface area contributed by atoms with Crippen LogP contribution in [0.15, 0.2) is 26.6 Å². The minimum Gasteiger partial charge on any atom is -0.369 e. The van der Waals surface area contributed by atoms with Crippen molar-refractivity contribution >= 4 is 45.1 Å². The van der Waals surface area contributed by atoms with Crippen LogP contribution in [0.25, 0.3) is 0 Å². The van der Waals surface area contributed by atoms with Crippen LogP contribution in [-0.2, 0) is 6.18 Å². The summed E-state index contributed by atoms with van der Waals surface area (Å²) in [6, 6.07) is 2.38. The topological polar surface area (TPSA) is 80.0 Å². The Labute approximate surface area is 156 Å². The van der Waals surface area contributed by atoms with Gasteiger partial charge in [-0.05, 0) is 37.8 Å². The van der Waals surface area contributed by atoms with E-state index in [1.54, 1.807) is 0 Å². The van der Waals surface area contributed by atoms with Gasteiger partial charge in [0.2, 0.25) is 11.9 Å². The second-order valence-electron chi connectivity index (χ2n) is 6.10. The predicted molar refractivity (Wildman–Crippen MR) is 95.7 cm³/mol. The average Bonchev–Trinajstić information content (AvgIpc) is 2.48. The second kappa shape index (κ2) is 6.35. The molecule has 25 heavy (non-hydrogen) atoms. The fourth-order valence-corrected chi connectivity index (χ4v) is 4.35. The van der Waals surface area contributed by atoms with Crippen molar-refractivity contribution in [3.05, 3.63) is 27.2 Å². The minimum atomic E-state index is -4.62. The van der Waals surface area contributed by atoms with Crippen LogP contribution in [0.5, 0.6) is 0 Å². The van der Waals surface area contributed by atoms with E-state index in [0.717, 1.165) is 25.3 Å². The fraction of sp³-hybridized carbons (Fsp3) is 0.467. The molecule has 2 aliphatic rings. The second-order valence-corrected chi connectivity index (χ2v) is 7.42. The van der Waals surface area contributed by atoms with Crippen LogP contribution >= 0.6 is 27.5 Å². The van der Waals surface area contributed by atoms with E-state index in [9.17, 15) is 13.2 Å². The number of halogens is 5. The number of nitrogens with zero attached hydrogens (tertiary/aromatic N) is 3. The van der Waals surface area contributed by atoms with Gasteiger partial charge in [-0.15, -0.1) is 0 Å². The summed E-state index contributed by atoms with van der Waals surface area (Å²) in [4.78, 5) is 9.58. The van der Waals surface area contributed by atoms with Gasteiger partial charge in [0.25, 0.3) is 0 Å². The molecule has 1 aliphatic heterocycles. The maximum Gasteiger partial charge on any atom is 0.418 e. The Morgan fingerprint density at radius 1 is 1.16 bits per heavy atom. The highest BCUT2D eigenvalue weighted by atomic mass is 79.9. The van der Waals surface area contributed by atoms with Gasteiger partial charge in [-0.2, -0.15) is 18.2 Å². The molecule has 1 aromatic carbocycles. The van der Waals surface area contributed by atoms with Gasteiger partial charge in [0, 0.05) is 4.47 Å². The van der Waals surface area contributed by atoms with Gasteiger partial charge in [-0.25, -0.2) is 4.99 Å². The van der Waals surface area contributed by atoms with E-state index in [1.165, 1.54) is 11.0 Å². The van der Waals surface area contributed by atoms with E-state index >= 15 is 0 Å². The van der Waals surface area contributed by atoms with E-state index < -0.39 is 17.4 Å². The largest absolute Gasteiger partial charge is 0.418 e. The first-order chi connectivity index (χ1) is 11.6. The molecule has 0 aromatic heterocycles. The molecule has 1 spiro atoms. The van der Waals surface area contributed by atoms with Crippen molar-refractivity contribution in [1.29, 1.82) is 0 Å². The van der Waals surface area contributed by atoms with Crippen LogP contribution in [0, 0.1) is 0 Å². The molecule has 3 rings (SSSR count). The summed E-state index contributed by atoms with van der Waals surface area (Å²) >= 11 is 9.28. The molecule has 0 unspecified atom stereocenters. The van der Waals surface area contributed by atoms with Crippen molar-refractivity contribution in [3.63, 3.8) is 0 Å². The van der Waals surface area contributed by atoms with E-state index in [4.69, 9.17) is 23.1 Å². The fourth-order valence-electron chi connectivity index (χ4n) is 3.45. The Balaban J connectivity index is 2.25. The summed E-state index contributed by atoms with van der Waals surface area (Å²) in [7, 11) is 0. The maximum absolute atomic E-state index is 13.7. The summed E-state index contributed by atoms with van der Waals surface area (Å²) in [6.07, 6.45) is -0.999. The van der Waals surface area contributed by atoms with Crippen LogP contribution in [0.2, 0.25) is 5.02 Å². The molecule has 10 heteroatoms. The number of rotatable bonds is 1. The molecule has 136 valence electrons. The summed E-state index contributed by atoms with van der Waals surface area (Å²) in [5.74, 6) is -0.165. The Morgan fingerprint density at radius 2 is 1.80 bits per heavy atom. The third-order valence-electron chi connectivity index (χ3n) is 4.41. The molecule has 0 saturated heterocycles. The molecular weight excluding hydrogens is 423 g/mol. The SMILES string of the molecule is NC1=NC2(CCCCC2)N(c2c(Cl)cc(Br)cc2C(F)(F)F)C(N)=N1. The lowest BCUT2D eigenvalue weighted by molar-refractivity contribution is -0.137. The van der Waals surface area contributed by atoms with Crippen molar-refractivity contribution in [2.45, 2.75) is 43.9 Å². The van der Waals surface area contributed by atoms with Gasteiger partial charge in [0.15, 0.2) is 0 Å². The highest BCUT2D eigenvalue weighted by Gasteiger charge is 2.47. The van der Waals surface area contributed by atoms with Crippen molar-refractivity contribution in [1.82, 2.24) is 0 Å². The molecule has 4 N–H and O–H groups in total. The van der Waals surface area contributed by atoms with Gasteiger partial charge in [-0.3, -0.25) is 4.90 Å². The van der Waals surface area contributed by atoms with E-state index in [1.807, 2.05) is 0 Å². The van der Waals surface area contributed by atoms with E-state index in [0.29, 0.717) is 12.8 Å². The lowest BCUT2D eigenvalue weighted by atomic mass is 9.87. The predicted octanol–water partition coefficient (Wildman–Crippen LogP) is 4.23. The van der Waals surface area contributed by atoms with E-state index in [-0.39, 0.29) is 27.1 Å². The molecule has 1 fully saturated rings. The number of aliphatic imine (C=N–C) groups is 2. The molecule has 1 aromatic rings. The molecule has 0 bridgehead atoms. The zero-order chi connectivity index (χ0) is 18.4. The Bertz CT molecular complexity index is 756. The summed E-state index contributed by atoms with van der Waals surface area (Å²) < 4.78 is 41.3. The van der Waals surface area contributed by atoms with Gasteiger partial charge >= 0.3 is 6.18 Å². The number of alkyl halides is 3. The minimum absolute atomic E-state index is 0.0301. The highest BCUT2D eigenvalue weighted by molar-refractivity contribution is 9.10. The third kappa shape index (κ3) is 3.31. The number of anilines is 1. The number of hydrogen-bond donors (Lipinski definition) is 2. The Morgan fingerprint density at radius 3 is 2.40 bits per heavy atom. The number of nitrogens with two attached hydrogens (primary N) is 2. The van der Waals surface area contributed by atoms with Gasteiger partial charge in [0.1, 0.15) is 5.66 Å².